The highest BCUT2D eigenvalue weighted by molar-refractivity contribution is 6.27. The number of benzene rings is 9. The van der Waals surface area contributed by atoms with E-state index in [1.165, 1.54) is 0 Å². The van der Waals surface area contributed by atoms with E-state index in [0.717, 1.165) is 87.6 Å². The van der Waals surface area contributed by atoms with Gasteiger partial charge in [-0.2, -0.15) is 0 Å². The fourth-order valence-electron chi connectivity index (χ4n) is 7.61. The summed E-state index contributed by atoms with van der Waals surface area (Å²) in [5, 5.41) is 8.27. The Morgan fingerprint density at radius 3 is 1.71 bits per heavy atom. The average molecular weight is 628 g/mol. The van der Waals surface area contributed by atoms with Crippen molar-refractivity contribution in [2.75, 3.05) is 0 Å². The summed E-state index contributed by atoms with van der Waals surface area (Å²) in [6.07, 6.45) is 0. The first kappa shape index (κ1) is 23.0. The van der Waals surface area contributed by atoms with Gasteiger partial charge >= 0.3 is 0 Å². The maximum Gasteiger partial charge on any atom is 0.136 e. The quantitative estimate of drug-likeness (QED) is 0.177. The first-order chi connectivity index (χ1) is 26.4. The third-order valence-electron chi connectivity index (χ3n) is 9.72. The number of hydrogen-bond acceptors (Lipinski definition) is 1. The van der Waals surface area contributed by atoms with Crippen LogP contribution in [0, 0.1) is 0 Å². The SMILES string of the molecule is [2H]c1c([2H])c([2H])c(-c2cc(-c3c4ccccc4c(-c4cccc5oc6ccc(-c7ccccc7)cc6c45)c4ccccc34)c3ccccc3c2)c([2H])c1[2H]. The van der Waals surface area contributed by atoms with Crippen LogP contribution in [0.3, 0.4) is 0 Å². The number of furan rings is 1. The van der Waals surface area contributed by atoms with Crippen molar-refractivity contribution in [2.24, 2.45) is 0 Å². The highest BCUT2D eigenvalue weighted by Crippen LogP contribution is 2.48. The van der Waals surface area contributed by atoms with E-state index in [1.807, 2.05) is 42.5 Å². The minimum atomic E-state index is -0.404. The molecule has 0 aliphatic carbocycles. The van der Waals surface area contributed by atoms with Crippen molar-refractivity contribution < 1.29 is 11.3 Å². The number of fused-ring (bicyclic) bond motifs is 6. The Morgan fingerprint density at radius 2 is 1.00 bits per heavy atom. The lowest BCUT2D eigenvalue weighted by Crippen LogP contribution is -1.93. The molecule has 0 bridgehead atoms. The van der Waals surface area contributed by atoms with E-state index in [0.29, 0.717) is 5.56 Å². The van der Waals surface area contributed by atoms with Crippen LogP contribution in [0.15, 0.2) is 186 Å². The summed E-state index contributed by atoms with van der Waals surface area (Å²) in [6, 6.07) is 50.5. The summed E-state index contributed by atoms with van der Waals surface area (Å²) in [6.45, 7) is 0. The van der Waals surface area contributed by atoms with Crippen LogP contribution in [0.4, 0.5) is 0 Å². The van der Waals surface area contributed by atoms with Gasteiger partial charge in [0.15, 0.2) is 0 Å². The van der Waals surface area contributed by atoms with E-state index in [4.69, 9.17) is 11.3 Å². The molecule has 9 aromatic carbocycles. The van der Waals surface area contributed by atoms with Gasteiger partial charge in [0.1, 0.15) is 11.2 Å². The largest absolute Gasteiger partial charge is 0.456 e. The van der Waals surface area contributed by atoms with Gasteiger partial charge in [-0.25, -0.2) is 0 Å². The molecule has 0 fully saturated rings. The molecule has 228 valence electrons. The molecule has 0 atom stereocenters. The van der Waals surface area contributed by atoms with Gasteiger partial charge in [-0.05, 0) is 107 Å². The van der Waals surface area contributed by atoms with Gasteiger partial charge in [0.05, 0.1) is 6.85 Å². The second kappa shape index (κ2) is 11.1. The lowest BCUT2D eigenvalue weighted by molar-refractivity contribution is 0.669. The fraction of sp³-hybridized carbons (Fsp3) is 0. The van der Waals surface area contributed by atoms with Crippen LogP contribution in [-0.4, -0.2) is 0 Å². The van der Waals surface area contributed by atoms with Gasteiger partial charge in [-0.15, -0.1) is 0 Å². The molecule has 1 nitrogen and oxygen atoms in total. The summed E-state index contributed by atoms with van der Waals surface area (Å²) in [5.74, 6) is 0. The van der Waals surface area contributed by atoms with Crippen molar-refractivity contribution >= 4 is 54.3 Å². The molecule has 0 radical (unpaired) electrons. The van der Waals surface area contributed by atoms with E-state index >= 15 is 0 Å². The lowest BCUT2D eigenvalue weighted by atomic mass is 9.83. The average Bonchev–Trinajstić information content (AvgIpc) is 3.60. The predicted molar refractivity (Wildman–Crippen MR) is 208 cm³/mol. The Balaban J connectivity index is 1.31. The van der Waals surface area contributed by atoms with Crippen molar-refractivity contribution in [3.8, 4) is 44.5 Å². The van der Waals surface area contributed by atoms with Gasteiger partial charge in [0, 0.05) is 10.8 Å². The normalized spacial score (nSPS) is 13.1. The molecule has 1 heteroatoms. The molecule has 0 aliphatic rings. The minimum absolute atomic E-state index is 0.187. The third-order valence-corrected chi connectivity index (χ3v) is 9.72. The fourth-order valence-corrected chi connectivity index (χ4v) is 7.61. The molecule has 0 saturated heterocycles. The second-order valence-electron chi connectivity index (χ2n) is 12.4. The van der Waals surface area contributed by atoms with E-state index in [2.05, 4.69) is 109 Å². The molecule has 0 saturated carbocycles. The summed E-state index contributed by atoms with van der Waals surface area (Å²) < 4.78 is 49.2. The molecule has 0 unspecified atom stereocenters. The van der Waals surface area contributed by atoms with Crippen molar-refractivity contribution in [3.05, 3.63) is 182 Å². The molecule has 1 aromatic heterocycles. The first-order valence-electron chi connectivity index (χ1n) is 18.9. The number of rotatable bonds is 4. The highest BCUT2D eigenvalue weighted by atomic mass is 16.3. The summed E-state index contributed by atoms with van der Waals surface area (Å²) in [4.78, 5) is 0. The standard InChI is InChI=1S/C48H30O/c1-3-14-31(15-4-1)33-26-27-44-43(29-33)48-41(24-13-25-45(48)49-44)46-37-20-9-11-22-39(37)47(40-23-12-10-21-38(40)46)42-30-35(32-16-5-2-6-17-32)28-34-18-7-8-19-36(34)42/h1-30H/i2D,5D,6D,16D,17D. The molecule has 0 N–H and O–H groups in total. The Morgan fingerprint density at radius 1 is 0.367 bits per heavy atom. The minimum Gasteiger partial charge on any atom is -0.456 e. The van der Waals surface area contributed by atoms with Gasteiger partial charge in [0.2, 0.25) is 0 Å². The Labute approximate surface area is 291 Å². The maximum atomic E-state index is 8.83. The van der Waals surface area contributed by atoms with Crippen molar-refractivity contribution in [2.45, 2.75) is 0 Å². The topological polar surface area (TPSA) is 13.1 Å². The molecule has 0 aliphatic heterocycles. The van der Waals surface area contributed by atoms with Crippen LogP contribution in [-0.2, 0) is 0 Å². The molecule has 0 amide bonds. The summed E-state index contributed by atoms with van der Waals surface area (Å²) in [7, 11) is 0. The molecular formula is C48H30O. The van der Waals surface area contributed by atoms with Crippen LogP contribution >= 0.6 is 0 Å². The Kier molecular flexibility index (Phi) is 5.20. The van der Waals surface area contributed by atoms with E-state index < -0.39 is 6.04 Å². The van der Waals surface area contributed by atoms with Crippen LogP contribution in [0.25, 0.3) is 98.8 Å². The van der Waals surface area contributed by atoms with Crippen molar-refractivity contribution in [1.29, 1.82) is 0 Å². The maximum absolute atomic E-state index is 8.83. The van der Waals surface area contributed by atoms with E-state index in [9.17, 15) is 0 Å². The van der Waals surface area contributed by atoms with Gasteiger partial charge in [0.25, 0.3) is 0 Å². The Hall–Kier alpha value is -6.44. The van der Waals surface area contributed by atoms with Crippen LogP contribution < -0.4 is 0 Å². The molecule has 0 spiro atoms. The zero-order valence-corrected chi connectivity index (χ0v) is 26.3. The lowest BCUT2D eigenvalue weighted by Gasteiger charge is -2.20. The van der Waals surface area contributed by atoms with E-state index in [-0.39, 0.29) is 29.7 Å². The third kappa shape index (κ3) is 4.40. The Bertz CT molecular complexity index is 3080. The summed E-state index contributed by atoms with van der Waals surface area (Å²) in [5.41, 5.74) is 8.80. The molecule has 10 aromatic rings. The van der Waals surface area contributed by atoms with Crippen LogP contribution in [0.5, 0.6) is 0 Å². The van der Waals surface area contributed by atoms with Gasteiger partial charge < -0.3 is 4.42 Å². The zero-order chi connectivity index (χ0) is 36.7. The van der Waals surface area contributed by atoms with Crippen LogP contribution in [0.1, 0.15) is 6.85 Å². The first-order valence-corrected chi connectivity index (χ1v) is 16.4. The molecule has 49 heavy (non-hydrogen) atoms. The van der Waals surface area contributed by atoms with Gasteiger partial charge in [-0.3, -0.25) is 0 Å². The number of hydrogen-bond donors (Lipinski definition) is 0. The predicted octanol–water partition coefficient (Wildman–Crippen LogP) is 13.7. The van der Waals surface area contributed by atoms with Gasteiger partial charge in [-0.1, -0.05) is 152 Å². The van der Waals surface area contributed by atoms with Crippen molar-refractivity contribution in [1.82, 2.24) is 0 Å². The molecule has 1 heterocycles. The van der Waals surface area contributed by atoms with Crippen molar-refractivity contribution in [3.63, 3.8) is 0 Å². The molecular weight excluding hydrogens is 593 g/mol. The monoisotopic (exact) mass is 627 g/mol. The second-order valence-corrected chi connectivity index (χ2v) is 12.4. The summed E-state index contributed by atoms with van der Waals surface area (Å²) >= 11 is 0. The van der Waals surface area contributed by atoms with Crippen LogP contribution in [0.2, 0.25) is 0 Å². The highest BCUT2D eigenvalue weighted by Gasteiger charge is 2.21. The smallest absolute Gasteiger partial charge is 0.136 e. The molecule has 10 rings (SSSR count). The van der Waals surface area contributed by atoms with E-state index in [1.54, 1.807) is 0 Å². The zero-order valence-electron chi connectivity index (χ0n) is 31.3.